The van der Waals surface area contributed by atoms with Gasteiger partial charge in [0, 0.05) is 24.0 Å². The van der Waals surface area contributed by atoms with Crippen molar-refractivity contribution in [3.05, 3.63) is 71.8 Å². The van der Waals surface area contributed by atoms with E-state index in [-0.39, 0.29) is 11.9 Å². The summed E-state index contributed by atoms with van der Waals surface area (Å²) in [5.74, 6) is -0.746. The van der Waals surface area contributed by atoms with Crippen LogP contribution in [-0.4, -0.2) is 11.9 Å². The number of azo groups is 1. The van der Waals surface area contributed by atoms with Crippen LogP contribution in [0.3, 0.4) is 0 Å². The number of hydrogen-bond acceptors (Lipinski definition) is 6. The van der Waals surface area contributed by atoms with Crippen molar-refractivity contribution in [1.82, 2.24) is 0 Å². The normalized spacial score (nSPS) is 15.5. The molecule has 6 heteroatoms. The number of carbonyl (C=O) groups is 2. The quantitative estimate of drug-likeness (QED) is 0.206. The second kappa shape index (κ2) is 13.2. The first-order valence-electron chi connectivity index (χ1n) is 13.8. The van der Waals surface area contributed by atoms with Crippen molar-refractivity contribution in [3.8, 4) is 0 Å². The Morgan fingerprint density at radius 3 is 1.18 bits per heavy atom. The fourth-order valence-electron chi connectivity index (χ4n) is 3.77. The molecule has 0 bridgehead atoms. The van der Waals surface area contributed by atoms with E-state index in [1.807, 2.05) is 102 Å². The van der Waals surface area contributed by atoms with Gasteiger partial charge >= 0.3 is 11.9 Å². The number of hydrogen-bond donors (Lipinski definition) is 0. The average Bonchev–Trinajstić information content (AvgIpc) is 2.88. The maximum absolute atomic E-state index is 13.3. The summed E-state index contributed by atoms with van der Waals surface area (Å²) in [5.41, 5.74) is -2.73. The van der Waals surface area contributed by atoms with Crippen molar-refractivity contribution in [2.75, 3.05) is 0 Å². The number of carbonyl (C=O) groups excluding carboxylic acids is 2. The first-order valence-corrected chi connectivity index (χ1v) is 13.8. The molecule has 6 nitrogen and oxygen atoms in total. The Hall–Kier alpha value is -3.02. The molecule has 2 atom stereocenters. The number of ether oxygens (including phenoxy) is 2. The highest BCUT2D eigenvalue weighted by Crippen LogP contribution is 2.41. The van der Waals surface area contributed by atoms with Gasteiger partial charge in [0.15, 0.2) is 0 Å². The minimum atomic E-state index is -1.36. The van der Waals surface area contributed by atoms with Crippen LogP contribution >= 0.6 is 0 Å². The molecule has 208 valence electrons. The molecular weight excluding hydrogens is 476 g/mol. The fraction of sp³-hybridized carbons (Fsp3) is 0.562. The van der Waals surface area contributed by atoms with E-state index < -0.39 is 22.3 Å². The van der Waals surface area contributed by atoms with Gasteiger partial charge in [0.2, 0.25) is 11.4 Å². The summed E-state index contributed by atoms with van der Waals surface area (Å²) in [6.45, 7) is 15.1. The van der Waals surface area contributed by atoms with E-state index in [9.17, 15) is 9.59 Å². The smallest absolute Gasteiger partial charge is 0.313 e. The molecule has 0 aliphatic carbocycles. The van der Waals surface area contributed by atoms with Crippen LogP contribution in [0.25, 0.3) is 0 Å². The lowest BCUT2D eigenvalue weighted by Gasteiger charge is -2.35. The van der Waals surface area contributed by atoms with E-state index in [4.69, 9.17) is 19.7 Å². The second-order valence-corrected chi connectivity index (χ2v) is 12.0. The summed E-state index contributed by atoms with van der Waals surface area (Å²) in [7, 11) is 0. The molecule has 0 aliphatic rings. The molecule has 0 spiro atoms. The average molecular weight is 523 g/mol. The van der Waals surface area contributed by atoms with Gasteiger partial charge in [-0.2, -0.15) is 0 Å². The molecule has 0 aliphatic heterocycles. The molecule has 2 aromatic carbocycles. The van der Waals surface area contributed by atoms with Gasteiger partial charge in [0.1, 0.15) is 0 Å². The molecule has 2 aromatic rings. The number of esters is 2. The third-order valence-corrected chi connectivity index (χ3v) is 6.31. The van der Waals surface area contributed by atoms with Crippen LogP contribution in [0.4, 0.5) is 0 Å². The molecular formula is C32H46N2O4. The lowest BCUT2D eigenvalue weighted by atomic mass is 9.93. The zero-order chi connectivity index (χ0) is 28.5. The number of rotatable bonds is 12. The van der Waals surface area contributed by atoms with Gasteiger partial charge in [0.25, 0.3) is 0 Å². The number of unbranched alkanes of at least 4 members (excludes halogenated alkanes) is 2. The maximum atomic E-state index is 13.3. The predicted molar refractivity (Wildman–Crippen MR) is 151 cm³/mol. The Bertz CT molecular complexity index is 969. The van der Waals surface area contributed by atoms with Crippen molar-refractivity contribution in [2.45, 2.75) is 105 Å². The SMILES string of the molecule is CCCCC(/N=N/C(CCCC)(OC(=O)C(C)(C)C)c1ccccc1)(OC(=O)C(C)(C)C)c1ccccc1. The van der Waals surface area contributed by atoms with E-state index in [1.165, 1.54) is 0 Å². The van der Waals surface area contributed by atoms with Gasteiger partial charge < -0.3 is 9.47 Å². The standard InChI is InChI=1S/C32H46N2O4/c1-9-11-23-31(25-19-15-13-16-20-25,37-27(35)29(3,4)5)33-34-32(24-12-10-2,26-21-17-14-18-22-26)38-28(36)30(6,7)8/h13-22H,9-12,23-24H2,1-8H3/b34-33+. The van der Waals surface area contributed by atoms with Crippen LogP contribution in [0.15, 0.2) is 70.9 Å². The first-order chi connectivity index (χ1) is 17.8. The van der Waals surface area contributed by atoms with Gasteiger partial charge in [-0.1, -0.05) is 87.4 Å². The molecule has 0 radical (unpaired) electrons. The summed E-state index contributed by atoms with van der Waals surface area (Å²) in [6, 6.07) is 19.0. The van der Waals surface area contributed by atoms with Crippen LogP contribution in [0, 0.1) is 10.8 Å². The zero-order valence-corrected chi connectivity index (χ0v) is 24.5. The third kappa shape index (κ3) is 8.24. The Morgan fingerprint density at radius 1 is 0.605 bits per heavy atom. The van der Waals surface area contributed by atoms with Crippen molar-refractivity contribution in [2.24, 2.45) is 21.1 Å². The van der Waals surface area contributed by atoms with Gasteiger partial charge in [-0.3, -0.25) is 9.59 Å². The molecule has 0 heterocycles. The minimum absolute atomic E-state index is 0.373. The highest BCUT2D eigenvalue weighted by atomic mass is 16.6. The van der Waals surface area contributed by atoms with Crippen molar-refractivity contribution in [3.63, 3.8) is 0 Å². The Morgan fingerprint density at radius 2 is 0.921 bits per heavy atom. The largest absolute Gasteiger partial charge is 0.431 e. The molecule has 0 N–H and O–H groups in total. The third-order valence-electron chi connectivity index (χ3n) is 6.31. The molecule has 0 saturated carbocycles. The monoisotopic (exact) mass is 522 g/mol. The van der Waals surface area contributed by atoms with Crippen LogP contribution in [0.5, 0.6) is 0 Å². The molecule has 2 unspecified atom stereocenters. The highest BCUT2D eigenvalue weighted by molar-refractivity contribution is 5.76. The van der Waals surface area contributed by atoms with Crippen molar-refractivity contribution >= 4 is 11.9 Å². The molecule has 2 rings (SSSR count). The van der Waals surface area contributed by atoms with E-state index in [2.05, 4.69) is 13.8 Å². The van der Waals surface area contributed by atoms with Crippen LogP contribution < -0.4 is 0 Å². The molecule has 0 amide bonds. The van der Waals surface area contributed by atoms with Crippen molar-refractivity contribution < 1.29 is 19.1 Å². The first kappa shape index (κ1) is 31.2. The van der Waals surface area contributed by atoms with Crippen LogP contribution in [0.2, 0.25) is 0 Å². The van der Waals surface area contributed by atoms with Gasteiger partial charge in [0.05, 0.1) is 10.8 Å². The van der Waals surface area contributed by atoms with Crippen molar-refractivity contribution in [1.29, 1.82) is 0 Å². The summed E-state index contributed by atoms with van der Waals surface area (Å²) >= 11 is 0. The Labute approximate surface area is 229 Å². The van der Waals surface area contributed by atoms with E-state index in [1.54, 1.807) is 0 Å². The Balaban J connectivity index is 2.80. The zero-order valence-electron chi connectivity index (χ0n) is 24.5. The van der Waals surface area contributed by atoms with Gasteiger partial charge in [-0.05, 0) is 54.4 Å². The van der Waals surface area contributed by atoms with E-state index in [0.29, 0.717) is 12.8 Å². The summed E-state index contributed by atoms with van der Waals surface area (Å²) in [5, 5.41) is 9.72. The Kier molecular flexibility index (Phi) is 10.8. The van der Waals surface area contributed by atoms with Gasteiger partial charge in [-0.15, -0.1) is 10.2 Å². The molecule has 0 saturated heterocycles. The summed E-state index contributed by atoms with van der Waals surface area (Å²) in [4.78, 5) is 26.6. The summed E-state index contributed by atoms with van der Waals surface area (Å²) in [6.07, 6.45) is 4.20. The van der Waals surface area contributed by atoms with E-state index in [0.717, 1.165) is 36.8 Å². The fourth-order valence-corrected chi connectivity index (χ4v) is 3.77. The molecule has 0 aromatic heterocycles. The van der Waals surface area contributed by atoms with Crippen LogP contribution in [-0.2, 0) is 30.5 Å². The predicted octanol–water partition coefficient (Wildman–Crippen LogP) is 8.70. The maximum Gasteiger partial charge on any atom is 0.313 e. The number of benzene rings is 2. The van der Waals surface area contributed by atoms with Gasteiger partial charge in [-0.25, -0.2) is 0 Å². The molecule has 0 fully saturated rings. The summed E-state index contributed by atoms with van der Waals surface area (Å²) < 4.78 is 12.5. The lowest BCUT2D eigenvalue weighted by Crippen LogP contribution is -2.38. The highest BCUT2D eigenvalue weighted by Gasteiger charge is 2.44. The number of nitrogens with zero attached hydrogens (tertiary/aromatic N) is 2. The topological polar surface area (TPSA) is 77.3 Å². The van der Waals surface area contributed by atoms with Crippen LogP contribution in [0.1, 0.15) is 105 Å². The van der Waals surface area contributed by atoms with E-state index >= 15 is 0 Å². The lowest BCUT2D eigenvalue weighted by molar-refractivity contribution is -0.178. The molecule has 38 heavy (non-hydrogen) atoms. The minimum Gasteiger partial charge on any atom is -0.431 e. The second-order valence-electron chi connectivity index (χ2n) is 12.0.